The number of aromatic nitrogens is 6. The monoisotopic (exact) mass is 374 g/mol. The van der Waals surface area contributed by atoms with Gasteiger partial charge in [0.15, 0.2) is 5.65 Å². The van der Waals surface area contributed by atoms with Gasteiger partial charge in [-0.1, -0.05) is 18.2 Å². The lowest BCUT2D eigenvalue weighted by Gasteiger charge is -2.15. The molecule has 5 rings (SSSR count). The molecule has 0 spiro atoms. The van der Waals surface area contributed by atoms with Gasteiger partial charge in [0.05, 0.1) is 11.2 Å². The maximum Gasteiger partial charge on any atom is 0.333 e. The summed E-state index contributed by atoms with van der Waals surface area (Å²) in [6.07, 6.45) is 3.24. The van der Waals surface area contributed by atoms with Crippen LogP contribution >= 0.6 is 0 Å². The molecule has 0 aliphatic heterocycles. The van der Waals surface area contributed by atoms with Crippen LogP contribution in [0.15, 0.2) is 73.1 Å². The molecule has 0 bridgehead atoms. The Labute approximate surface area is 157 Å². The van der Waals surface area contributed by atoms with Crippen LogP contribution in [0.4, 0.5) is 8.78 Å². The van der Waals surface area contributed by atoms with E-state index in [1.165, 1.54) is 12.1 Å². The van der Waals surface area contributed by atoms with Crippen LogP contribution in [0.1, 0.15) is 11.4 Å². The van der Waals surface area contributed by atoms with Crippen molar-refractivity contribution in [1.82, 2.24) is 29.8 Å². The summed E-state index contributed by atoms with van der Waals surface area (Å²) in [6.45, 7) is 0. The molecule has 0 saturated heterocycles. The Morgan fingerprint density at radius 2 is 1.68 bits per heavy atom. The first-order valence-corrected chi connectivity index (χ1v) is 8.50. The highest BCUT2D eigenvalue weighted by molar-refractivity contribution is 5.79. The number of nitrogens with zero attached hydrogens (tertiary/aromatic N) is 6. The molecular weight excluding hydrogens is 362 g/mol. The molecule has 0 radical (unpaired) electrons. The highest BCUT2D eigenvalue weighted by Gasteiger charge is 2.40. The number of fused-ring (bicyclic) bond motifs is 2. The van der Waals surface area contributed by atoms with Gasteiger partial charge < -0.3 is 0 Å². The maximum absolute atomic E-state index is 15.3. The van der Waals surface area contributed by atoms with Crippen LogP contribution in [0, 0.1) is 0 Å². The molecular formula is C20H12F2N6. The van der Waals surface area contributed by atoms with Crippen molar-refractivity contribution in [3.05, 3.63) is 84.4 Å². The summed E-state index contributed by atoms with van der Waals surface area (Å²) in [5.41, 5.74) is 1.70. The van der Waals surface area contributed by atoms with Crippen molar-refractivity contribution in [2.45, 2.75) is 5.92 Å². The van der Waals surface area contributed by atoms with Gasteiger partial charge >= 0.3 is 5.92 Å². The molecule has 0 aliphatic rings. The van der Waals surface area contributed by atoms with Crippen LogP contribution < -0.4 is 0 Å². The normalized spacial score (nSPS) is 11.9. The van der Waals surface area contributed by atoms with Gasteiger partial charge in [-0.2, -0.15) is 18.4 Å². The molecule has 6 nitrogen and oxygen atoms in total. The number of pyridine rings is 2. The second kappa shape index (κ2) is 6.12. The first-order chi connectivity index (χ1) is 13.6. The Kier molecular flexibility index (Phi) is 3.58. The van der Waals surface area contributed by atoms with Crippen molar-refractivity contribution >= 4 is 16.6 Å². The van der Waals surface area contributed by atoms with Gasteiger partial charge in [-0.05, 0) is 42.5 Å². The fourth-order valence-corrected chi connectivity index (χ4v) is 3.04. The molecule has 0 unspecified atom stereocenters. The highest BCUT2D eigenvalue weighted by atomic mass is 19.3. The van der Waals surface area contributed by atoms with E-state index in [4.69, 9.17) is 0 Å². The van der Waals surface area contributed by atoms with Gasteiger partial charge in [0.1, 0.15) is 5.69 Å². The molecule has 0 atom stereocenters. The lowest BCUT2D eigenvalue weighted by Crippen LogP contribution is -2.20. The third-order valence-corrected chi connectivity index (χ3v) is 4.44. The van der Waals surface area contributed by atoms with Crippen LogP contribution in [0.5, 0.6) is 0 Å². The second-order valence-corrected chi connectivity index (χ2v) is 6.21. The number of benzene rings is 1. The van der Waals surface area contributed by atoms with Crippen molar-refractivity contribution in [3.8, 4) is 11.4 Å². The topological polar surface area (TPSA) is 68.9 Å². The smallest absolute Gasteiger partial charge is 0.256 e. The molecule has 8 heteroatoms. The number of alkyl halides is 2. The zero-order valence-corrected chi connectivity index (χ0v) is 14.4. The summed E-state index contributed by atoms with van der Waals surface area (Å²) >= 11 is 0. The van der Waals surface area contributed by atoms with Gasteiger partial charge in [0.25, 0.3) is 0 Å². The van der Waals surface area contributed by atoms with Crippen molar-refractivity contribution < 1.29 is 8.78 Å². The summed E-state index contributed by atoms with van der Waals surface area (Å²) in [5.74, 6) is -3.94. The van der Waals surface area contributed by atoms with Crippen LogP contribution in [0.2, 0.25) is 0 Å². The van der Waals surface area contributed by atoms with E-state index in [1.54, 1.807) is 60.9 Å². The number of rotatable bonds is 3. The fourth-order valence-electron chi connectivity index (χ4n) is 3.04. The SMILES string of the molecule is FC(F)(c1ccc2ncccc2c1)c1nnc2ccc(-c3ccccn3)nn12. The second-order valence-electron chi connectivity index (χ2n) is 6.21. The number of halogens is 2. The standard InChI is InChI=1S/C20H12F2N6/c21-20(22,14-6-7-15-13(12-14)4-3-11-23-15)19-26-25-18-9-8-17(27-28(18)19)16-5-1-2-10-24-16/h1-12H. The largest absolute Gasteiger partial charge is 0.333 e. The third-order valence-electron chi connectivity index (χ3n) is 4.44. The van der Waals surface area contributed by atoms with Crippen LogP contribution in [-0.2, 0) is 5.92 Å². The van der Waals surface area contributed by atoms with Gasteiger partial charge in [0.2, 0.25) is 5.82 Å². The first kappa shape index (κ1) is 16.4. The van der Waals surface area contributed by atoms with E-state index < -0.39 is 11.7 Å². The molecule has 0 saturated carbocycles. The van der Waals surface area contributed by atoms with Gasteiger partial charge in [-0.15, -0.1) is 10.2 Å². The first-order valence-electron chi connectivity index (χ1n) is 8.50. The number of hydrogen-bond donors (Lipinski definition) is 0. The van der Waals surface area contributed by atoms with Gasteiger partial charge in [0, 0.05) is 23.3 Å². The average Bonchev–Trinajstić information content (AvgIpc) is 3.18. The van der Waals surface area contributed by atoms with Crippen LogP contribution in [-0.4, -0.2) is 29.8 Å². The lowest BCUT2D eigenvalue weighted by atomic mass is 10.0. The summed E-state index contributed by atoms with van der Waals surface area (Å²) < 4.78 is 31.7. The van der Waals surface area contributed by atoms with Crippen LogP contribution in [0.3, 0.4) is 0 Å². The molecule has 5 aromatic rings. The minimum absolute atomic E-state index is 0.202. The summed E-state index contributed by atoms with van der Waals surface area (Å²) in [4.78, 5) is 8.38. The zero-order chi connectivity index (χ0) is 19.1. The fraction of sp³-hybridized carbons (Fsp3) is 0.0500. The molecule has 0 N–H and O–H groups in total. The van der Waals surface area contributed by atoms with Gasteiger partial charge in [-0.3, -0.25) is 9.97 Å². The van der Waals surface area contributed by atoms with E-state index in [0.717, 1.165) is 4.52 Å². The molecule has 28 heavy (non-hydrogen) atoms. The predicted octanol–water partition coefficient (Wildman–Crippen LogP) is 3.87. The Morgan fingerprint density at radius 1 is 0.786 bits per heavy atom. The quantitative estimate of drug-likeness (QED) is 0.479. The van der Waals surface area contributed by atoms with E-state index in [-0.39, 0.29) is 11.2 Å². The zero-order valence-electron chi connectivity index (χ0n) is 14.4. The minimum Gasteiger partial charge on any atom is -0.256 e. The molecule has 136 valence electrons. The van der Waals surface area contributed by atoms with Crippen molar-refractivity contribution in [2.24, 2.45) is 0 Å². The van der Waals surface area contributed by atoms with E-state index in [0.29, 0.717) is 22.3 Å². The molecule has 1 aromatic carbocycles. The Balaban J connectivity index is 1.66. The lowest BCUT2D eigenvalue weighted by molar-refractivity contribution is 0.0307. The molecule has 4 aromatic heterocycles. The Morgan fingerprint density at radius 3 is 2.54 bits per heavy atom. The Bertz CT molecular complexity index is 1300. The summed E-state index contributed by atoms with van der Waals surface area (Å²) in [7, 11) is 0. The van der Waals surface area contributed by atoms with Crippen LogP contribution in [0.25, 0.3) is 27.9 Å². The van der Waals surface area contributed by atoms with Gasteiger partial charge in [-0.25, -0.2) is 0 Å². The van der Waals surface area contributed by atoms with Crippen molar-refractivity contribution in [2.75, 3.05) is 0 Å². The predicted molar refractivity (Wildman–Crippen MR) is 98.8 cm³/mol. The molecule has 0 fully saturated rings. The molecule has 0 aliphatic carbocycles. The summed E-state index contributed by atoms with van der Waals surface area (Å²) in [6, 6.07) is 16.4. The summed E-state index contributed by atoms with van der Waals surface area (Å²) in [5, 5.41) is 12.5. The maximum atomic E-state index is 15.3. The van der Waals surface area contributed by atoms with Crippen molar-refractivity contribution in [3.63, 3.8) is 0 Å². The Hall–Kier alpha value is -3.81. The van der Waals surface area contributed by atoms with E-state index in [2.05, 4.69) is 25.3 Å². The van der Waals surface area contributed by atoms with Crippen molar-refractivity contribution in [1.29, 1.82) is 0 Å². The molecule has 0 amide bonds. The third kappa shape index (κ3) is 2.58. The average molecular weight is 374 g/mol. The highest BCUT2D eigenvalue weighted by Crippen LogP contribution is 2.35. The number of hydrogen-bond acceptors (Lipinski definition) is 5. The molecule has 4 heterocycles. The van der Waals surface area contributed by atoms with E-state index in [9.17, 15) is 0 Å². The minimum atomic E-state index is -3.39. The van der Waals surface area contributed by atoms with E-state index >= 15 is 8.78 Å². The van der Waals surface area contributed by atoms with E-state index in [1.807, 2.05) is 0 Å².